The Kier molecular flexibility index (Phi) is 4.18. The molecule has 19 heavy (non-hydrogen) atoms. The van der Waals surface area contributed by atoms with Crippen LogP contribution in [0.2, 0.25) is 0 Å². The average Bonchev–Trinajstić information content (AvgIpc) is 2.42. The van der Waals surface area contributed by atoms with Gasteiger partial charge in [-0.05, 0) is 17.2 Å². The molecule has 0 heterocycles. The number of para-hydroxylation sites is 1. The molecular formula is C16H18N2O. The summed E-state index contributed by atoms with van der Waals surface area (Å²) in [6.45, 7) is 0.617. The Hall–Kier alpha value is -2.29. The normalized spacial score (nSPS) is 10.2. The highest BCUT2D eigenvalue weighted by atomic mass is 16.2. The van der Waals surface area contributed by atoms with Gasteiger partial charge in [0.15, 0.2) is 0 Å². The number of nitrogens with two attached hydrogens (primary N) is 1. The van der Waals surface area contributed by atoms with E-state index in [9.17, 15) is 4.79 Å². The summed E-state index contributed by atoms with van der Waals surface area (Å²) >= 11 is 0. The van der Waals surface area contributed by atoms with Crippen LogP contribution in [-0.2, 0) is 17.8 Å². The fraction of sp³-hybridized carbons (Fsp3) is 0.188. The zero-order valence-corrected chi connectivity index (χ0v) is 11.0. The lowest BCUT2D eigenvalue weighted by molar-refractivity contribution is -0.129. The minimum Gasteiger partial charge on any atom is -0.398 e. The molecule has 0 saturated carbocycles. The molecule has 3 nitrogen and oxygen atoms in total. The predicted octanol–water partition coefficient (Wildman–Crippen LogP) is 2.47. The van der Waals surface area contributed by atoms with Crippen molar-refractivity contribution in [1.82, 2.24) is 4.90 Å². The van der Waals surface area contributed by atoms with Gasteiger partial charge >= 0.3 is 0 Å². The fourth-order valence-electron chi connectivity index (χ4n) is 1.94. The van der Waals surface area contributed by atoms with Gasteiger partial charge in [-0.25, -0.2) is 0 Å². The Morgan fingerprint density at radius 2 is 1.68 bits per heavy atom. The Labute approximate surface area is 113 Å². The molecule has 0 aliphatic carbocycles. The van der Waals surface area contributed by atoms with Crippen molar-refractivity contribution in [1.29, 1.82) is 0 Å². The Morgan fingerprint density at radius 3 is 2.37 bits per heavy atom. The van der Waals surface area contributed by atoms with Gasteiger partial charge in [0.25, 0.3) is 0 Å². The van der Waals surface area contributed by atoms with E-state index in [0.29, 0.717) is 18.7 Å². The van der Waals surface area contributed by atoms with Crippen LogP contribution >= 0.6 is 0 Å². The molecule has 0 fully saturated rings. The van der Waals surface area contributed by atoms with E-state index in [0.717, 1.165) is 11.1 Å². The van der Waals surface area contributed by atoms with Gasteiger partial charge in [0.05, 0.1) is 6.42 Å². The lowest BCUT2D eigenvalue weighted by atomic mass is 10.1. The van der Waals surface area contributed by atoms with Crippen LogP contribution in [0.25, 0.3) is 0 Å². The van der Waals surface area contributed by atoms with E-state index < -0.39 is 0 Å². The molecule has 98 valence electrons. The maximum atomic E-state index is 12.1. The first-order chi connectivity index (χ1) is 9.16. The number of nitrogen functional groups attached to an aromatic ring is 1. The van der Waals surface area contributed by atoms with Crippen molar-refractivity contribution in [2.24, 2.45) is 0 Å². The minimum atomic E-state index is 0.0711. The van der Waals surface area contributed by atoms with Crippen molar-refractivity contribution in [3.05, 3.63) is 65.7 Å². The van der Waals surface area contributed by atoms with E-state index in [2.05, 4.69) is 0 Å². The monoisotopic (exact) mass is 254 g/mol. The molecule has 2 aromatic carbocycles. The third kappa shape index (κ3) is 3.58. The highest BCUT2D eigenvalue weighted by Gasteiger charge is 2.11. The molecule has 0 aliphatic heterocycles. The van der Waals surface area contributed by atoms with E-state index in [1.807, 2.05) is 61.6 Å². The standard InChI is InChI=1S/C16H18N2O/c1-18(12-13-7-3-2-4-8-13)16(19)11-14-9-5-6-10-15(14)17/h2-10H,11-12,17H2,1H3. The summed E-state index contributed by atoms with van der Waals surface area (Å²) in [6.07, 6.45) is 0.343. The summed E-state index contributed by atoms with van der Waals surface area (Å²) < 4.78 is 0. The molecule has 0 unspecified atom stereocenters. The first-order valence-corrected chi connectivity index (χ1v) is 6.28. The van der Waals surface area contributed by atoms with E-state index in [1.54, 1.807) is 4.90 Å². The molecule has 1 amide bonds. The number of rotatable bonds is 4. The van der Waals surface area contributed by atoms with Crippen LogP contribution < -0.4 is 5.73 Å². The van der Waals surface area contributed by atoms with Gasteiger partial charge in [0.1, 0.15) is 0 Å². The van der Waals surface area contributed by atoms with Gasteiger partial charge in [-0.1, -0.05) is 48.5 Å². The summed E-state index contributed by atoms with van der Waals surface area (Å²) in [5.74, 6) is 0.0711. The van der Waals surface area contributed by atoms with Crippen LogP contribution in [0.3, 0.4) is 0 Å². The highest BCUT2D eigenvalue weighted by molar-refractivity contribution is 5.80. The van der Waals surface area contributed by atoms with Crippen LogP contribution in [0.1, 0.15) is 11.1 Å². The molecule has 0 aliphatic rings. The molecule has 0 saturated heterocycles. The second-order valence-corrected chi connectivity index (χ2v) is 4.61. The third-order valence-corrected chi connectivity index (χ3v) is 3.09. The molecule has 2 rings (SSSR count). The third-order valence-electron chi connectivity index (χ3n) is 3.09. The van der Waals surface area contributed by atoms with Crippen LogP contribution in [0.15, 0.2) is 54.6 Å². The van der Waals surface area contributed by atoms with Crippen LogP contribution in [-0.4, -0.2) is 17.9 Å². The first kappa shape index (κ1) is 13.1. The number of hydrogen-bond donors (Lipinski definition) is 1. The maximum Gasteiger partial charge on any atom is 0.227 e. The molecule has 0 atom stereocenters. The number of carbonyl (C=O) groups excluding carboxylic acids is 1. The number of hydrogen-bond acceptors (Lipinski definition) is 2. The first-order valence-electron chi connectivity index (χ1n) is 6.28. The summed E-state index contributed by atoms with van der Waals surface area (Å²) in [7, 11) is 1.81. The van der Waals surface area contributed by atoms with E-state index in [-0.39, 0.29) is 5.91 Å². The largest absolute Gasteiger partial charge is 0.398 e. The second kappa shape index (κ2) is 6.05. The summed E-state index contributed by atoms with van der Waals surface area (Å²) in [5.41, 5.74) is 8.53. The lowest BCUT2D eigenvalue weighted by Crippen LogP contribution is -2.27. The van der Waals surface area contributed by atoms with Crippen molar-refractivity contribution >= 4 is 11.6 Å². The van der Waals surface area contributed by atoms with Gasteiger partial charge in [0, 0.05) is 19.3 Å². The number of likely N-dealkylation sites (N-methyl/N-ethyl adjacent to an activating group) is 1. The topological polar surface area (TPSA) is 46.3 Å². The van der Waals surface area contributed by atoms with E-state index in [4.69, 9.17) is 5.73 Å². The smallest absolute Gasteiger partial charge is 0.227 e. The average molecular weight is 254 g/mol. The molecule has 0 spiro atoms. The summed E-state index contributed by atoms with van der Waals surface area (Å²) in [4.78, 5) is 13.9. The van der Waals surface area contributed by atoms with Crippen molar-refractivity contribution in [2.45, 2.75) is 13.0 Å². The van der Waals surface area contributed by atoms with Gasteiger partial charge in [-0.15, -0.1) is 0 Å². The Bertz CT molecular complexity index is 552. The molecular weight excluding hydrogens is 236 g/mol. The van der Waals surface area contributed by atoms with Crippen molar-refractivity contribution in [2.75, 3.05) is 12.8 Å². The highest BCUT2D eigenvalue weighted by Crippen LogP contribution is 2.13. The number of benzene rings is 2. The zero-order valence-electron chi connectivity index (χ0n) is 11.0. The zero-order chi connectivity index (χ0) is 13.7. The van der Waals surface area contributed by atoms with Crippen LogP contribution in [0, 0.1) is 0 Å². The SMILES string of the molecule is CN(Cc1ccccc1)C(=O)Cc1ccccc1N. The molecule has 0 bridgehead atoms. The van der Waals surface area contributed by atoms with Crippen LogP contribution in [0.5, 0.6) is 0 Å². The fourth-order valence-corrected chi connectivity index (χ4v) is 1.94. The van der Waals surface area contributed by atoms with E-state index >= 15 is 0 Å². The lowest BCUT2D eigenvalue weighted by Gasteiger charge is -2.17. The van der Waals surface area contributed by atoms with Gasteiger partial charge in [-0.2, -0.15) is 0 Å². The van der Waals surface area contributed by atoms with Crippen LogP contribution in [0.4, 0.5) is 5.69 Å². The number of anilines is 1. The van der Waals surface area contributed by atoms with Gasteiger partial charge in [0.2, 0.25) is 5.91 Å². The predicted molar refractivity (Wildman–Crippen MR) is 77.5 cm³/mol. The number of carbonyl (C=O) groups is 1. The number of nitrogens with zero attached hydrogens (tertiary/aromatic N) is 1. The molecule has 2 aromatic rings. The molecule has 0 aromatic heterocycles. The minimum absolute atomic E-state index is 0.0711. The molecule has 0 radical (unpaired) electrons. The van der Waals surface area contributed by atoms with Gasteiger partial charge in [-0.3, -0.25) is 4.79 Å². The summed E-state index contributed by atoms with van der Waals surface area (Å²) in [6, 6.07) is 17.4. The Morgan fingerprint density at radius 1 is 1.05 bits per heavy atom. The van der Waals surface area contributed by atoms with Gasteiger partial charge < -0.3 is 10.6 Å². The quantitative estimate of drug-likeness (QED) is 0.852. The molecule has 3 heteroatoms. The second-order valence-electron chi connectivity index (χ2n) is 4.61. The van der Waals surface area contributed by atoms with E-state index in [1.165, 1.54) is 0 Å². The van der Waals surface area contributed by atoms with Crippen molar-refractivity contribution < 1.29 is 4.79 Å². The van der Waals surface area contributed by atoms with Crippen molar-refractivity contribution in [3.8, 4) is 0 Å². The summed E-state index contributed by atoms with van der Waals surface area (Å²) in [5, 5.41) is 0. The Balaban J connectivity index is 1.99. The maximum absolute atomic E-state index is 12.1. The number of amides is 1. The van der Waals surface area contributed by atoms with Crippen molar-refractivity contribution in [3.63, 3.8) is 0 Å². The molecule has 2 N–H and O–H groups in total.